The van der Waals surface area contributed by atoms with Crippen molar-refractivity contribution in [3.8, 4) is 11.5 Å². The Hall–Kier alpha value is -3.21. The van der Waals surface area contributed by atoms with Crippen molar-refractivity contribution in [3.63, 3.8) is 0 Å². The Morgan fingerprint density at radius 1 is 1.15 bits per heavy atom. The molecule has 3 aromatic carbocycles. The summed E-state index contributed by atoms with van der Waals surface area (Å²) in [5, 5.41) is 11.0. The number of amides is 1. The van der Waals surface area contributed by atoms with Gasteiger partial charge in [-0.2, -0.15) is 0 Å². The number of hydrogen-bond donors (Lipinski definition) is 0. The quantitative estimate of drug-likeness (QED) is 0.145. The highest BCUT2D eigenvalue weighted by molar-refractivity contribution is 9.10. The molecule has 1 saturated heterocycles. The number of benzene rings is 3. The molecule has 0 bridgehead atoms. The average Bonchev–Trinajstić information content (AvgIpc) is 3.11. The first kappa shape index (κ1) is 23.9. The van der Waals surface area contributed by atoms with Gasteiger partial charge in [0.2, 0.25) is 0 Å². The summed E-state index contributed by atoms with van der Waals surface area (Å²) in [6.07, 6.45) is 1.75. The molecule has 0 aliphatic carbocycles. The molecule has 0 aromatic heterocycles. The van der Waals surface area contributed by atoms with Gasteiger partial charge in [-0.05, 0) is 57.4 Å². The van der Waals surface area contributed by atoms with Crippen LogP contribution in [0.15, 0.2) is 76.1 Å². The van der Waals surface area contributed by atoms with Gasteiger partial charge in [0.1, 0.15) is 6.61 Å². The number of thioether (sulfide) groups is 1. The number of nitro groups is 1. The van der Waals surface area contributed by atoms with Crippen LogP contribution in [0.1, 0.15) is 11.1 Å². The van der Waals surface area contributed by atoms with Crippen LogP contribution >= 0.6 is 39.9 Å². The highest BCUT2D eigenvalue weighted by Crippen LogP contribution is 2.40. The van der Waals surface area contributed by atoms with Gasteiger partial charge in [-0.3, -0.25) is 19.8 Å². The summed E-state index contributed by atoms with van der Waals surface area (Å²) in [7, 11) is 1.51. The maximum atomic E-state index is 13.0. The van der Waals surface area contributed by atoms with Crippen molar-refractivity contribution in [1.29, 1.82) is 0 Å². The third-order valence-corrected chi connectivity index (χ3v) is 6.75. The highest BCUT2D eigenvalue weighted by atomic mass is 79.9. The number of halogens is 1. The van der Waals surface area contributed by atoms with E-state index in [-0.39, 0.29) is 18.2 Å². The third kappa shape index (κ3) is 5.14. The van der Waals surface area contributed by atoms with Crippen molar-refractivity contribution in [1.82, 2.24) is 0 Å². The number of carbonyl (C=O) groups excluding carboxylic acids is 1. The van der Waals surface area contributed by atoms with Crippen molar-refractivity contribution in [3.05, 3.63) is 97.3 Å². The number of nitrogens with zero attached hydrogens (tertiary/aromatic N) is 2. The summed E-state index contributed by atoms with van der Waals surface area (Å²) in [5.41, 5.74) is 2.09. The highest BCUT2D eigenvalue weighted by Gasteiger charge is 2.33. The van der Waals surface area contributed by atoms with Crippen LogP contribution in [0.5, 0.6) is 11.5 Å². The largest absolute Gasteiger partial charge is 0.493 e. The second kappa shape index (κ2) is 10.4. The van der Waals surface area contributed by atoms with Gasteiger partial charge in [0.05, 0.1) is 27.1 Å². The standard InChI is InChI=1S/C24H17BrN2O5S2/c1-31-20-12-16(13-21-23(28)26(24(33)34-21)17-7-3-2-4-8-17)11-19(25)22(20)32-14-15-6-5-9-18(10-15)27(29)30/h2-13H,14H2,1H3/b21-13+. The fourth-order valence-corrected chi connectivity index (χ4v) is 5.17. The van der Waals surface area contributed by atoms with Crippen LogP contribution in [0.3, 0.4) is 0 Å². The minimum Gasteiger partial charge on any atom is -0.493 e. The number of thiocarbonyl (C=S) groups is 1. The first-order valence-corrected chi connectivity index (χ1v) is 12.0. The number of anilines is 1. The minimum absolute atomic E-state index is 0.00436. The van der Waals surface area contributed by atoms with Gasteiger partial charge in [0, 0.05) is 12.1 Å². The van der Waals surface area contributed by atoms with Gasteiger partial charge >= 0.3 is 0 Å². The molecule has 1 aliphatic heterocycles. The Balaban J connectivity index is 1.57. The second-order valence-corrected chi connectivity index (χ2v) is 9.63. The van der Waals surface area contributed by atoms with Crippen LogP contribution in [0.25, 0.3) is 6.08 Å². The number of rotatable bonds is 7. The Morgan fingerprint density at radius 3 is 2.62 bits per heavy atom. The molecule has 0 unspecified atom stereocenters. The Kier molecular flexibility index (Phi) is 7.30. The zero-order valence-electron chi connectivity index (χ0n) is 17.8. The van der Waals surface area contributed by atoms with Gasteiger partial charge in [-0.1, -0.05) is 54.3 Å². The van der Waals surface area contributed by atoms with Crippen molar-refractivity contribution in [2.75, 3.05) is 12.0 Å². The normalized spacial score (nSPS) is 14.5. The number of ether oxygens (including phenoxy) is 2. The lowest BCUT2D eigenvalue weighted by molar-refractivity contribution is -0.384. The van der Waals surface area contributed by atoms with E-state index >= 15 is 0 Å². The monoisotopic (exact) mass is 556 g/mol. The van der Waals surface area contributed by atoms with Crippen LogP contribution in [-0.2, 0) is 11.4 Å². The summed E-state index contributed by atoms with van der Waals surface area (Å²) in [5.74, 6) is 0.704. The van der Waals surface area contributed by atoms with E-state index < -0.39 is 4.92 Å². The summed E-state index contributed by atoms with van der Waals surface area (Å²) < 4.78 is 12.5. The van der Waals surface area contributed by atoms with Crippen molar-refractivity contribution < 1.29 is 19.2 Å². The predicted molar refractivity (Wildman–Crippen MR) is 140 cm³/mol. The molecule has 0 saturated carbocycles. The van der Waals surface area contributed by atoms with Gasteiger partial charge in [-0.15, -0.1) is 0 Å². The first-order chi connectivity index (χ1) is 16.4. The zero-order valence-corrected chi connectivity index (χ0v) is 21.0. The molecule has 1 amide bonds. The van der Waals surface area contributed by atoms with Crippen LogP contribution in [0.4, 0.5) is 11.4 Å². The van der Waals surface area contributed by atoms with E-state index in [4.69, 9.17) is 21.7 Å². The first-order valence-electron chi connectivity index (χ1n) is 9.94. The van der Waals surface area contributed by atoms with E-state index in [0.717, 1.165) is 11.3 Å². The molecule has 1 aliphatic rings. The predicted octanol–water partition coefficient (Wildman–Crippen LogP) is 6.35. The maximum absolute atomic E-state index is 13.0. The molecule has 4 rings (SSSR count). The summed E-state index contributed by atoms with van der Waals surface area (Å²) in [6, 6.07) is 19.1. The zero-order chi connectivity index (χ0) is 24.2. The molecule has 10 heteroatoms. The smallest absolute Gasteiger partial charge is 0.270 e. The molecule has 34 heavy (non-hydrogen) atoms. The number of para-hydroxylation sites is 1. The van der Waals surface area contributed by atoms with Crippen molar-refractivity contribution >= 4 is 67.6 Å². The van der Waals surface area contributed by atoms with E-state index in [0.29, 0.717) is 30.8 Å². The number of methoxy groups -OCH3 is 1. The molecule has 1 heterocycles. The Morgan fingerprint density at radius 2 is 1.91 bits per heavy atom. The van der Waals surface area contributed by atoms with Crippen LogP contribution in [0, 0.1) is 10.1 Å². The van der Waals surface area contributed by atoms with E-state index in [9.17, 15) is 14.9 Å². The lowest BCUT2D eigenvalue weighted by Crippen LogP contribution is -2.27. The molecule has 172 valence electrons. The molecular weight excluding hydrogens is 540 g/mol. The number of carbonyl (C=O) groups is 1. The molecular formula is C24H17BrN2O5S2. The third-order valence-electron chi connectivity index (χ3n) is 4.86. The molecule has 0 spiro atoms. The topological polar surface area (TPSA) is 81.9 Å². The number of non-ortho nitro benzene ring substituents is 1. The average molecular weight is 557 g/mol. The van der Waals surface area contributed by atoms with Gasteiger partial charge in [0.25, 0.3) is 11.6 Å². The van der Waals surface area contributed by atoms with E-state index in [1.54, 1.807) is 30.3 Å². The van der Waals surface area contributed by atoms with E-state index in [1.807, 2.05) is 30.3 Å². The van der Waals surface area contributed by atoms with Crippen molar-refractivity contribution in [2.45, 2.75) is 6.61 Å². The molecule has 7 nitrogen and oxygen atoms in total. The van der Waals surface area contributed by atoms with Gasteiger partial charge in [-0.25, -0.2) is 0 Å². The fraction of sp³-hybridized carbons (Fsp3) is 0.0833. The molecule has 0 radical (unpaired) electrons. The van der Waals surface area contributed by atoms with Gasteiger partial charge < -0.3 is 9.47 Å². The molecule has 3 aromatic rings. The fourth-order valence-electron chi connectivity index (χ4n) is 3.30. The summed E-state index contributed by atoms with van der Waals surface area (Å²) >= 11 is 10.2. The second-order valence-electron chi connectivity index (χ2n) is 7.10. The molecule has 0 atom stereocenters. The summed E-state index contributed by atoms with van der Waals surface area (Å²) in [4.78, 5) is 25.5. The van der Waals surface area contributed by atoms with Crippen molar-refractivity contribution in [2.24, 2.45) is 0 Å². The SMILES string of the molecule is COc1cc(/C=C2/SC(=S)N(c3ccccc3)C2=O)cc(Br)c1OCc1cccc([N+](=O)[O-])c1. The Bertz CT molecular complexity index is 1310. The lowest BCUT2D eigenvalue weighted by Gasteiger charge is -2.14. The summed E-state index contributed by atoms with van der Waals surface area (Å²) in [6.45, 7) is 0.117. The lowest BCUT2D eigenvalue weighted by atomic mass is 10.1. The van der Waals surface area contributed by atoms with Crippen LogP contribution in [-0.4, -0.2) is 22.3 Å². The minimum atomic E-state index is -0.449. The van der Waals surface area contributed by atoms with E-state index in [1.165, 1.54) is 35.9 Å². The molecule has 0 N–H and O–H groups in total. The Labute approximate surface area is 213 Å². The van der Waals surface area contributed by atoms with Crippen LogP contribution in [0.2, 0.25) is 0 Å². The van der Waals surface area contributed by atoms with Crippen LogP contribution < -0.4 is 14.4 Å². The maximum Gasteiger partial charge on any atom is 0.270 e. The van der Waals surface area contributed by atoms with Gasteiger partial charge in [0.15, 0.2) is 15.8 Å². The number of nitro benzene ring substituents is 1. The molecule has 1 fully saturated rings. The van der Waals surface area contributed by atoms with E-state index in [2.05, 4.69) is 15.9 Å². The number of hydrogen-bond acceptors (Lipinski definition) is 7.